The first-order chi connectivity index (χ1) is 3.91. The summed E-state index contributed by atoms with van der Waals surface area (Å²) in [7, 11) is 0. The van der Waals surface area contributed by atoms with Crippen molar-refractivity contribution in [3.8, 4) is 0 Å². The molecule has 0 aromatic rings. The predicted octanol–water partition coefficient (Wildman–Crippen LogP) is 0.913. The Balaban J connectivity index is 2.01. The Morgan fingerprint density at radius 3 is 1.88 bits per heavy atom. The van der Waals surface area contributed by atoms with E-state index in [9.17, 15) is 0 Å². The molecule has 0 unspecified atom stereocenters. The van der Waals surface area contributed by atoms with E-state index in [4.69, 9.17) is 9.47 Å². The molecule has 2 fully saturated rings. The molecule has 8 heavy (non-hydrogen) atoms. The van der Waals surface area contributed by atoms with Crippen molar-refractivity contribution in [2.24, 2.45) is 0 Å². The Kier molecular flexibility index (Phi) is 0.866. The van der Waals surface area contributed by atoms with E-state index in [0.717, 1.165) is 26.1 Å². The smallest absolute Gasteiger partial charge is 0.168 e. The van der Waals surface area contributed by atoms with Crippen molar-refractivity contribution in [2.45, 2.75) is 25.0 Å². The lowest BCUT2D eigenvalue weighted by Crippen LogP contribution is -2.37. The fourth-order valence-electron chi connectivity index (χ4n) is 1.25. The monoisotopic (exact) mass is 114 g/mol. The largest absolute Gasteiger partial charge is 0.348 e. The summed E-state index contributed by atoms with van der Waals surface area (Å²) in [6.07, 6.45) is 3.51. The number of rotatable bonds is 0. The first-order valence-corrected chi connectivity index (χ1v) is 3.19. The molecule has 2 rings (SSSR count). The summed E-state index contributed by atoms with van der Waals surface area (Å²) in [4.78, 5) is 0. The van der Waals surface area contributed by atoms with Gasteiger partial charge >= 0.3 is 0 Å². The molecule has 2 aliphatic rings. The summed E-state index contributed by atoms with van der Waals surface area (Å²) in [5.41, 5.74) is 0. The maximum Gasteiger partial charge on any atom is 0.168 e. The molecule has 1 spiro atoms. The van der Waals surface area contributed by atoms with E-state index in [2.05, 4.69) is 0 Å². The minimum atomic E-state index is -0.0833. The molecule has 2 nitrogen and oxygen atoms in total. The zero-order chi connectivity index (χ0) is 5.45. The minimum Gasteiger partial charge on any atom is -0.348 e. The lowest BCUT2D eigenvalue weighted by atomic mass is 9.92. The lowest BCUT2D eigenvalue weighted by molar-refractivity contribution is -0.206. The van der Waals surface area contributed by atoms with E-state index >= 15 is 0 Å². The lowest BCUT2D eigenvalue weighted by Gasteiger charge is -2.35. The quantitative estimate of drug-likeness (QED) is 0.466. The SMILES string of the molecule is C1CC2(C1)OCCO2. The summed E-state index contributed by atoms with van der Waals surface area (Å²) >= 11 is 0. The van der Waals surface area contributed by atoms with Crippen LogP contribution in [-0.2, 0) is 9.47 Å². The molecule has 1 aliphatic heterocycles. The molecule has 0 bridgehead atoms. The number of hydrogen-bond donors (Lipinski definition) is 0. The van der Waals surface area contributed by atoms with Crippen LogP contribution >= 0.6 is 0 Å². The molecule has 46 valence electrons. The van der Waals surface area contributed by atoms with Gasteiger partial charge in [-0.1, -0.05) is 0 Å². The van der Waals surface area contributed by atoms with Crippen molar-refractivity contribution < 1.29 is 9.47 Å². The van der Waals surface area contributed by atoms with Gasteiger partial charge in [0.1, 0.15) is 0 Å². The van der Waals surface area contributed by atoms with Crippen LogP contribution in [0.25, 0.3) is 0 Å². The molecule has 0 N–H and O–H groups in total. The molecule has 0 amide bonds. The summed E-state index contributed by atoms with van der Waals surface area (Å²) in [5.74, 6) is -0.0833. The van der Waals surface area contributed by atoms with E-state index in [1.165, 1.54) is 6.42 Å². The Labute approximate surface area is 48.8 Å². The zero-order valence-electron chi connectivity index (χ0n) is 4.85. The molecule has 2 heteroatoms. The maximum absolute atomic E-state index is 5.35. The Bertz CT molecular complexity index is 88.7. The van der Waals surface area contributed by atoms with Gasteiger partial charge in [0.05, 0.1) is 13.2 Å². The van der Waals surface area contributed by atoms with Crippen LogP contribution < -0.4 is 0 Å². The Hall–Kier alpha value is -0.0800. The van der Waals surface area contributed by atoms with Crippen LogP contribution in [-0.4, -0.2) is 19.0 Å². The predicted molar refractivity (Wildman–Crippen MR) is 28.5 cm³/mol. The first-order valence-electron chi connectivity index (χ1n) is 3.19. The van der Waals surface area contributed by atoms with Gasteiger partial charge in [0.25, 0.3) is 0 Å². The van der Waals surface area contributed by atoms with E-state index < -0.39 is 0 Å². The summed E-state index contributed by atoms with van der Waals surface area (Å²) < 4.78 is 10.7. The summed E-state index contributed by atoms with van der Waals surface area (Å²) in [6, 6.07) is 0. The van der Waals surface area contributed by atoms with Gasteiger partial charge in [0.15, 0.2) is 5.79 Å². The van der Waals surface area contributed by atoms with Crippen molar-refractivity contribution in [3.63, 3.8) is 0 Å². The van der Waals surface area contributed by atoms with Gasteiger partial charge in [-0.2, -0.15) is 0 Å². The third-order valence-corrected chi connectivity index (χ3v) is 1.93. The van der Waals surface area contributed by atoms with Crippen LogP contribution in [0.1, 0.15) is 19.3 Å². The number of hydrogen-bond acceptors (Lipinski definition) is 2. The van der Waals surface area contributed by atoms with Crippen molar-refractivity contribution >= 4 is 0 Å². The average Bonchev–Trinajstić information content (AvgIpc) is 2.07. The first kappa shape index (κ1) is 4.77. The molecular weight excluding hydrogens is 104 g/mol. The fourth-order valence-corrected chi connectivity index (χ4v) is 1.25. The fraction of sp³-hybridized carbons (Fsp3) is 1.00. The molecule has 1 saturated carbocycles. The zero-order valence-corrected chi connectivity index (χ0v) is 4.85. The highest BCUT2D eigenvalue weighted by Gasteiger charge is 2.42. The molecule has 1 heterocycles. The van der Waals surface area contributed by atoms with Gasteiger partial charge in [-0.15, -0.1) is 0 Å². The van der Waals surface area contributed by atoms with Crippen molar-refractivity contribution in [2.75, 3.05) is 13.2 Å². The Morgan fingerprint density at radius 2 is 1.62 bits per heavy atom. The highest BCUT2D eigenvalue weighted by molar-refractivity contribution is 4.82. The normalized spacial score (nSPS) is 33.0. The molecule has 1 aliphatic carbocycles. The third-order valence-electron chi connectivity index (χ3n) is 1.93. The van der Waals surface area contributed by atoms with Crippen LogP contribution in [0.5, 0.6) is 0 Å². The molecule has 0 radical (unpaired) electrons. The van der Waals surface area contributed by atoms with Gasteiger partial charge in [-0.05, 0) is 6.42 Å². The molecule has 0 aromatic heterocycles. The van der Waals surface area contributed by atoms with Crippen molar-refractivity contribution in [1.29, 1.82) is 0 Å². The summed E-state index contributed by atoms with van der Waals surface area (Å²) in [6.45, 7) is 1.61. The summed E-state index contributed by atoms with van der Waals surface area (Å²) in [5, 5.41) is 0. The molecule has 0 aromatic carbocycles. The van der Waals surface area contributed by atoms with E-state index in [1.54, 1.807) is 0 Å². The number of ether oxygens (including phenoxy) is 2. The highest BCUT2D eigenvalue weighted by atomic mass is 16.7. The average molecular weight is 114 g/mol. The van der Waals surface area contributed by atoms with Gasteiger partial charge in [0.2, 0.25) is 0 Å². The van der Waals surface area contributed by atoms with E-state index in [-0.39, 0.29) is 5.79 Å². The minimum absolute atomic E-state index is 0.0833. The Morgan fingerprint density at radius 1 is 1.00 bits per heavy atom. The maximum atomic E-state index is 5.35. The van der Waals surface area contributed by atoms with Crippen LogP contribution in [0.3, 0.4) is 0 Å². The highest BCUT2D eigenvalue weighted by Crippen LogP contribution is 2.39. The van der Waals surface area contributed by atoms with E-state index in [1.807, 2.05) is 0 Å². The molecule has 0 atom stereocenters. The van der Waals surface area contributed by atoms with E-state index in [0.29, 0.717) is 0 Å². The second kappa shape index (κ2) is 1.45. The second-order valence-corrected chi connectivity index (χ2v) is 2.46. The molecular formula is C6H10O2. The van der Waals surface area contributed by atoms with Crippen molar-refractivity contribution in [1.82, 2.24) is 0 Å². The third kappa shape index (κ3) is 0.501. The standard InChI is InChI=1S/C6H10O2/c1-2-6(3-1)7-4-5-8-6/h1-5H2. The van der Waals surface area contributed by atoms with Crippen molar-refractivity contribution in [3.05, 3.63) is 0 Å². The topological polar surface area (TPSA) is 18.5 Å². The van der Waals surface area contributed by atoms with Gasteiger partial charge in [-0.25, -0.2) is 0 Å². The second-order valence-electron chi connectivity index (χ2n) is 2.46. The van der Waals surface area contributed by atoms with Crippen LogP contribution in [0.15, 0.2) is 0 Å². The van der Waals surface area contributed by atoms with Gasteiger partial charge in [0, 0.05) is 12.8 Å². The van der Waals surface area contributed by atoms with Gasteiger partial charge in [-0.3, -0.25) is 0 Å². The van der Waals surface area contributed by atoms with Crippen LogP contribution in [0.2, 0.25) is 0 Å². The van der Waals surface area contributed by atoms with Gasteiger partial charge < -0.3 is 9.47 Å². The van der Waals surface area contributed by atoms with Crippen LogP contribution in [0, 0.1) is 0 Å². The molecule has 1 saturated heterocycles. The van der Waals surface area contributed by atoms with Crippen LogP contribution in [0.4, 0.5) is 0 Å².